The number of rotatable bonds is 6. The number of ether oxygens (including phenoxy) is 1. The smallest absolute Gasteiger partial charge is 0.344 e. The first kappa shape index (κ1) is 17.2. The highest BCUT2D eigenvalue weighted by molar-refractivity contribution is 6.08. The van der Waals surface area contributed by atoms with Crippen LogP contribution in [0.4, 0.5) is 5.82 Å². The third kappa shape index (κ3) is 3.16. The number of nitrogen functional groups attached to an aromatic ring is 1. The van der Waals surface area contributed by atoms with Gasteiger partial charge in [0.05, 0.1) is 17.1 Å². The quantitative estimate of drug-likeness (QED) is 0.688. The maximum atomic E-state index is 12.7. The van der Waals surface area contributed by atoms with E-state index in [1.165, 1.54) is 0 Å². The van der Waals surface area contributed by atoms with Gasteiger partial charge in [0.25, 0.3) is 0 Å². The van der Waals surface area contributed by atoms with Crippen molar-refractivity contribution in [2.45, 2.75) is 52.7 Å². The van der Waals surface area contributed by atoms with Crippen LogP contribution in [-0.2, 0) is 11.3 Å². The number of nitrogens with two attached hydrogens (primary N) is 1. The monoisotopic (exact) mass is 340 g/mol. The predicted octanol–water partition coefficient (Wildman–Crippen LogP) is 3.92. The van der Waals surface area contributed by atoms with Crippen LogP contribution in [0.25, 0.3) is 22.2 Å². The van der Waals surface area contributed by atoms with Crippen LogP contribution in [0.1, 0.15) is 50.4 Å². The molecule has 0 aliphatic rings. The van der Waals surface area contributed by atoms with E-state index >= 15 is 0 Å². The molecule has 1 unspecified atom stereocenters. The van der Waals surface area contributed by atoms with E-state index < -0.39 is 5.97 Å². The molecule has 0 amide bonds. The second-order valence-electron chi connectivity index (χ2n) is 6.27. The molecule has 2 N–H and O–H groups in total. The van der Waals surface area contributed by atoms with Crippen molar-refractivity contribution in [2.24, 2.45) is 0 Å². The first-order chi connectivity index (χ1) is 12.1. The minimum atomic E-state index is -0.434. The van der Waals surface area contributed by atoms with Gasteiger partial charge in [-0.15, -0.1) is 0 Å². The minimum Gasteiger partial charge on any atom is -0.459 e. The lowest BCUT2D eigenvalue weighted by atomic mass is 10.2. The van der Waals surface area contributed by atoms with E-state index in [1.807, 2.05) is 42.7 Å². The summed E-state index contributed by atoms with van der Waals surface area (Å²) >= 11 is 0. The lowest BCUT2D eigenvalue weighted by Crippen LogP contribution is -2.16. The Morgan fingerprint density at radius 3 is 2.56 bits per heavy atom. The van der Waals surface area contributed by atoms with Crippen LogP contribution in [0, 0.1) is 0 Å². The van der Waals surface area contributed by atoms with E-state index in [0.29, 0.717) is 29.1 Å². The zero-order valence-corrected chi connectivity index (χ0v) is 15.0. The number of unbranched alkanes of at least 4 members (excludes halogenated alkanes) is 1. The van der Waals surface area contributed by atoms with Crippen molar-refractivity contribution in [3.8, 4) is 0 Å². The summed E-state index contributed by atoms with van der Waals surface area (Å²) in [6.45, 7) is 6.65. The molecule has 2 heterocycles. The topological polar surface area (TPSA) is 83.0 Å². The molecule has 1 atom stereocenters. The summed E-state index contributed by atoms with van der Waals surface area (Å²) in [5.74, 6) is -0.0521. The van der Waals surface area contributed by atoms with Gasteiger partial charge < -0.3 is 15.0 Å². The van der Waals surface area contributed by atoms with Gasteiger partial charge in [0.2, 0.25) is 0 Å². The van der Waals surface area contributed by atoms with Crippen molar-refractivity contribution >= 4 is 34.0 Å². The number of aromatic nitrogens is 3. The van der Waals surface area contributed by atoms with Crippen LogP contribution in [-0.4, -0.2) is 26.6 Å². The average Bonchev–Trinajstić information content (AvgIpc) is 2.88. The first-order valence-corrected chi connectivity index (χ1v) is 8.82. The zero-order chi connectivity index (χ0) is 18.0. The molecule has 6 heteroatoms. The fraction of sp³-hybridized carbons (Fsp3) is 0.421. The maximum Gasteiger partial charge on any atom is 0.344 e. The predicted molar refractivity (Wildman–Crippen MR) is 99.5 cm³/mol. The second kappa shape index (κ2) is 7.09. The molecule has 0 bridgehead atoms. The van der Waals surface area contributed by atoms with E-state index in [0.717, 1.165) is 30.3 Å². The summed E-state index contributed by atoms with van der Waals surface area (Å²) in [5.41, 5.74) is 9.32. The van der Waals surface area contributed by atoms with Crippen molar-refractivity contribution in [1.82, 2.24) is 14.5 Å². The Labute approximate surface area is 147 Å². The number of esters is 1. The number of para-hydroxylation sites is 2. The molecule has 6 nitrogen and oxygen atoms in total. The van der Waals surface area contributed by atoms with Crippen LogP contribution >= 0.6 is 0 Å². The number of carbonyl (C=O) groups is 1. The highest BCUT2D eigenvalue weighted by Crippen LogP contribution is 2.29. The summed E-state index contributed by atoms with van der Waals surface area (Å²) in [6.07, 6.45) is 2.54. The van der Waals surface area contributed by atoms with Crippen molar-refractivity contribution < 1.29 is 9.53 Å². The van der Waals surface area contributed by atoms with Gasteiger partial charge in [0.15, 0.2) is 5.65 Å². The number of aryl methyl sites for hydroxylation is 1. The number of hydrogen-bond acceptors (Lipinski definition) is 5. The van der Waals surface area contributed by atoms with E-state index in [1.54, 1.807) is 0 Å². The molecule has 0 radical (unpaired) electrons. The Morgan fingerprint density at radius 2 is 1.92 bits per heavy atom. The molecule has 2 aromatic heterocycles. The van der Waals surface area contributed by atoms with Gasteiger partial charge in [0, 0.05) is 6.54 Å². The molecule has 0 saturated heterocycles. The molecule has 0 aliphatic heterocycles. The van der Waals surface area contributed by atoms with Gasteiger partial charge in [-0.3, -0.25) is 0 Å². The Morgan fingerprint density at radius 1 is 1.24 bits per heavy atom. The summed E-state index contributed by atoms with van der Waals surface area (Å²) in [6, 6.07) is 7.61. The number of benzene rings is 1. The third-order valence-corrected chi connectivity index (χ3v) is 4.41. The molecule has 3 rings (SSSR count). The number of hydrogen-bond donors (Lipinski definition) is 1. The van der Waals surface area contributed by atoms with Gasteiger partial charge in [-0.1, -0.05) is 32.4 Å². The van der Waals surface area contributed by atoms with Gasteiger partial charge in [-0.25, -0.2) is 14.8 Å². The normalized spacial score (nSPS) is 12.6. The fourth-order valence-corrected chi connectivity index (χ4v) is 2.79. The SMILES string of the molecule is CCCCn1c(N)c(C(=O)OC(C)CC)c2nc3ccccc3nc21. The lowest BCUT2D eigenvalue weighted by Gasteiger charge is -2.11. The summed E-state index contributed by atoms with van der Waals surface area (Å²) in [5, 5.41) is 0. The summed E-state index contributed by atoms with van der Waals surface area (Å²) < 4.78 is 7.38. The van der Waals surface area contributed by atoms with E-state index in [2.05, 4.69) is 11.9 Å². The largest absolute Gasteiger partial charge is 0.459 e. The fourth-order valence-electron chi connectivity index (χ4n) is 2.79. The van der Waals surface area contributed by atoms with Crippen LogP contribution in [0.15, 0.2) is 24.3 Å². The van der Waals surface area contributed by atoms with Crippen molar-refractivity contribution in [1.29, 1.82) is 0 Å². The molecule has 25 heavy (non-hydrogen) atoms. The number of fused-ring (bicyclic) bond motifs is 2. The van der Waals surface area contributed by atoms with E-state index in [9.17, 15) is 4.79 Å². The van der Waals surface area contributed by atoms with Gasteiger partial charge in [-0.2, -0.15) is 0 Å². The minimum absolute atomic E-state index is 0.172. The van der Waals surface area contributed by atoms with Crippen LogP contribution in [0.3, 0.4) is 0 Å². The summed E-state index contributed by atoms with van der Waals surface area (Å²) in [7, 11) is 0. The molecular weight excluding hydrogens is 316 g/mol. The Balaban J connectivity index is 2.21. The molecule has 0 saturated carbocycles. The van der Waals surface area contributed by atoms with Gasteiger partial charge >= 0.3 is 5.97 Å². The Bertz CT molecular complexity index is 917. The van der Waals surface area contributed by atoms with Crippen molar-refractivity contribution in [3.05, 3.63) is 29.8 Å². The second-order valence-corrected chi connectivity index (χ2v) is 6.27. The van der Waals surface area contributed by atoms with Crippen LogP contribution in [0.2, 0.25) is 0 Å². The zero-order valence-electron chi connectivity index (χ0n) is 15.0. The highest BCUT2D eigenvalue weighted by atomic mass is 16.5. The van der Waals surface area contributed by atoms with Crippen LogP contribution in [0.5, 0.6) is 0 Å². The van der Waals surface area contributed by atoms with Gasteiger partial charge in [-0.05, 0) is 31.9 Å². The number of nitrogens with zero attached hydrogens (tertiary/aromatic N) is 3. The standard InChI is InChI=1S/C19H24N4O2/c1-4-6-11-23-17(20)15(19(24)25-12(3)5-2)16-18(23)22-14-10-8-7-9-13(14)21-16/h7-10,12H,4-6,11,20H2,1-3H3. The Hall–Kier alpha value is -2.63. The molecular formula is C19H24N4O2. The highest BCUT2D eigenvalue weighted by Gasteiger charge is 2.25. The van der Waals surface area contributed by atoms with Crippen molar-refractivity contribution in [3.63, 3.8) is 0 Å². The molecule has 132 valence electrons. The molecule has 1 aromatic carbocycles. The average molecular weight is 340 g/mol. The molecule has 3 aromatic rings. The molecule has 0 spiro atoms. The first-order valence-electron chi connectivity index (χ1n) is 8.82. The van der Waals surface area contributed by atoms with Crippen molar-refractivity contribution in [2.75, 3.05) is 5.73 Å². The Kier molecular flexibility index (Phi) is 4.88. The lowest BCUT2D eigenvalue weighted by molar-refractivity contribution is 0.0338. The number of anilines is 1. The van der Waals surface area contributed by atoms with E-state index in [4.69, 9.17) is 15.5 Å². The summed E-state index contributed by atoms with van der Waals surface area (Å²) in [4.78, 5) is 22.1. The number of carbonyl (C=O) groups excluding carboxylic acids is 1. The third-order valence-electron chi connectivity index (χ3n) is 4.41. The molecule has 0 aliphatic carbocycles. The van der Waals surface area contributed by atoms with E-state index in [-0.39, 0.29) is 6.10 Å². The molecule has 0 fully saturated rings. The van der Waals surface area contributed by atoms with Crippen LogP contribution < -0.4 is 5.73 Å². The maximum absolute atomic E-state index is 12.7. The van der Waals surface area contributed by atoms with Gasteiger partial charge in [0.1, 0.15) is 16.9 Å².